The van der Waals surface area contributed by atoms with E-state index in [-0.39, 0.29) is 0 Å². The molecule has 2 heterocycles. The lowest BCUT2D eigenvalue weighted by molar-refractivity contribution is 1.21. The molecule has 0 aliphatic carbocycles. The van der Waals surface area contributed by atoms with Gasteiger partial charge in [-0.3, -0.25) is 0 Å². The first-order valence-electron chi connectivity index (χ1n) is 4.53. The van der Waals surface area contributed by atoms with Gasteiger partial charge in [-0.2, -0.15) is 0 Å². The van der Waals surface area contributed by atoms with E-state index in [4.69, 9.17) is 0 Å². The van der Waals surface area contributed by atoms with Gasteiger partial charge < -0.3 is 0 Å². The molecule has 0 bridgehead atoms. The number of hydrogen-bond acceptors (Lipinski definition) is 2. The molecule has 0 nitrogen and oxygen atoms in total. The van der Waals surface area contributed by atoms with Crippen LogP contribution in [0.15, 0.2) is 17.5 Å². The zero-order valence-electron chi connectivity index (χ0n) is 8.38. The van der Waals surface area contributed by atoms with Crippen molar-refractivity contribution in [2.75, 3.05) is 0 Å². The summed E-state index contributed by atoms with van der Waals surface area (Å²) in [5.41, 5.74) is 2.76. The summed E-state index contributed by atoms with van der Waals surface area (Å²) in [4.78, 5) is 3.18. The lowest BCUT2D eigenvalue weighted by atomic mass is 10.1. The minimum Gasteiger partial charge on any atom is -0.144 e. The lowest BCUT2D eigenvalue weighted by Gasteiger charge is -2.06. The van der Waals surface area contributed by atoms with Gasteiger partial charge >= 0.3 is 0 Å². The Bertz CT molecular complexity index is 473. The number of halogens is 2. The number of hydrogen-bond donors (Lipinski definition) is 0. The van der Waals surface area contributed by atoms with Gasteiger partial charge in [-0.15, -0.1) is 22.7 Å². The van der Waals surface area contributed by atoms with Crippen LogP contribution in [0.2, 0.25) is 0 Å². The zero-order valence-corrected chi connectivity index (χ0v) is 13.8. The quantitative estimate of drug-likeness (QED) is 0.450. The highest BCUT2D eigenvalue weighted by Gasteiger charge is 2.16. The van der Waals surface area contributed by atoms with Crippen molar-refractivity contribution in [1.82, 2.24) is 0 Å². The zero-order chi connectivity index (χ0) is 11.0. The van der Waals surface area contributed by atoms with Gasteiger partial charge in [0.25, 0.3) is 0 Å². The van der Waals surface area contributed by atoms with Crippen LogP contribution in [0.4, 0.5) is 0 Å². The Hall–Kier alpha value is 0.610. The third-order valence-electron chi connectivity index (χ3n) is 2.19. The summed E-state index contributed by atoms with van der Waals surface area (Å²) in [5.74, 6) is 0. The number of alkyl halides is 1. The minimum absolute atomic E-state index is 0.357. The maximum Gasteiger partial charge on any atom is 0.0749 e. The summed E-state index contributed by atoms with van der Waals surface area (Å²) >= 11 is 9.84. The third-order valence-corrected chi connectivity index (χ3v) is 6.50. The van der Waals surface area contributed by atoms with Crippen LogP contribution >= 0.6 is 61.2 Å². The summed E-state index contributed by atoms with van der Waals surface area (Å²) < 4.78 is 1.35. The molecule has 4 heteroatoms. The third kappa shape index (κ3) is 2.65. The van der Waals surface area contributed by atoms with Crippen LogP contribution in [0, 0.1) is 16.7 Å². The van der Waals surface area contributed by atoms with E-state index in [2.05, 4.69) is 69.9 Å². The topological polar surface area (TPSA) is 0 Å². The van der Waals surface area contributed by atoms with Crippen molar-refractivity contribution >= 4 is 61.2 Å². The standard InChI is InChI=1S/C11H10BrIS2/c1-6-3-7(2)15-11(6)10(12)8-4-9(13)14-5-8/h3-5,10H,1-2H3. The highest BCUT2D eigenvalue weighted by molar-refractivity contribution is 14.1. The van der Waals surface area contributed by atoms with Crippen LogP contribution in [-0.4, -0.2) is 0 Å². The maximum absolute atomic E-state index is 3.79. The molecule has 0 aliphatic heterocycles. The Labute approximate surface area is 120 Å². The summed E-state index contributed by atoms with van der Waals surface area (Å²) in [6, 6.07) is 4.50. The predicted octanol–water partition coefficient (Wildman–Crippen LogP) is 5.52. The molecule has 0 aromatic carbocycles. The van der Waals surface area contributed by atoms with Crippen molar-refractivity contribution < 1.29 is 0 Å². The van der Waals surface area contributed by atoms with Crippen molar-refractivity contribution in [3.8, 4) is 0 Å². The van der Waals surface area contributed by atoms with Crippen LogP contribution in [-0.2, 0) is 0 Å². The van der Waals surface area contributed by atoms with Crippen molar-refractivity contribution in [1.29, 1.82) is 0 Å². The SMILES string of the molecule is Cc1cc(C)c(C(Br)c2csc(I)c2)s1. The molecule has 0 saturated heterocycles. The molecular formula is C11H10BrIS2. The van der Waals surface area contributed by atoms with E-state index < -0.39 is 0 Å². The summed E-state index contributed by atoms with van der Waals surface area (Å²) in [6.45, 7) is 4.35. The summed E-state index contributed by atoms with van der Waals surface area (Å²) in [6.07, 6.45) is 0. The number of aryl methyl sites for hydroxylation is 2. The monoisotopic (exact) mass is 412 g/mol. The van der Waals surface area contributed by atoms with Crippen LogP contribution in [0.1, 0.15) is 25.7 Å². The Balaban J connectivity index is 2.35. The second-order valence-electron chi connectivity index (χ2n) is 3.45. The van der Waals surface area contributed by atoms with Crippen LogP contribution in [0.25, 0.3) is 0 Å². The van der Waals surface area contributed by atoms with E-state index in [1.54, 1.807) is 11.3 Å². The average Bonchev–Trinajstić information content (AvgIpc) is 2.71. The normalized spacial score (nSPS) is 13.1. The van der Waals surface area contributed by atoms with Crippen molar-refractivity contribution in [2.24, 2.45) is 0 Å². The van der Waals surface area contributed by atoms with E-state index in [0.717, 1.165) is 0 Å². The fourth-order valence-corrected chi connectivity index (χ4v) is 5.04. The molecule has 0 radical (unpaired) electrons. The van der Waals surface area contributed by atoms with Gasteiger partial charge in [0.1, 0.15) is 0 Å². The lowest BCUT2D eigenvalue weighted by Crippen LogP contribution is -1.88. The number of rotatable bonds is 2. The van der Waals surface area contributed by atoms with Gasteiger partial charge in [-0.25, -0.2) is 0 Å². The van der Waals surface area contributed by atoms with Gasteiger partial charge in [0.05, 0.1) is 7.71 Å². The summed E-state index contributed by atoms with van der Waals surface area (Å²) in [7, 11) is 0. The molecule has 2 rings (SSSR count). The molecule has 0 amide bonds. The molecule has 80 valence electrons. The molecular weight excluding hydrogens is 403 g/mol. The van der Waals surface area contributed by atoms with Gasteiger partial charge in [-0.1, -0.05) is 15.9 Å². The molecule has 0 aliphatic rings. The van der Waals surface area contributed by atoms with E-state index in [9.17, 15) is 0 Å². The predicted molar refractivity (Wildman–Crippen MR) is 81.6 cm³/mol. The van der Waals surface area contributed by atoms with Crippen molar-refractivity contribution in [3.05, 3.63) is 41.3 Å². The van der Waals surface area contributed by atoms with E-state index in [1.807, 2.05) is 11.3 Å². The Morgan fingerprint density at radius 3 is 2.53 bits per heavy atom. The second-order valence-corrected chi connectivity index (χ2v) is 8.46. The van der Waals surface area contributed by atoms with Crippen LogP contribution < -0.4 is 0 Å². The fourth-order valence-electron chi connectivity index (χ4n) is 1.52. The van der Waals surface area contributed by atoms with Crippen LogP contribution in [0.3, 0.4) is 0 Å². The first kappa shape index (κ1) is 12.1. The molecule has 0 saturated carbocycles. The van der Waals surface area contributed by atoms with Gasteiger partial charge in [0, 0.05) is 9.75 Å². The molecule has 0 spiro atoms. The Kier molecular flexibility index (Phi) is 3.91. The first-order valence-corrected chi connectivity index (χ1v) is 8.22. The fraction of sp³-hybridized carbons (Fsp3) is 0.273. The van der Waals surface area contributed by atoms with E-state index in [1.165, 1.54) is 23.8 Å². The van der Waals surface area contributed by atoms with Gasteiger partial charge in [-0.05, 0) is 65.1 Å². The second kappa shape index (κ2) is 4.85. The molecule has 1 unspecified atom stereocenters. The smallest absolute Gasteiger partial charge is 0.0749 e. The minimum atomic E-state index is 0.357. The molecule has 0 N–H and O–H groups in total. The van der Waals surface area contributed by atoms with E-state index in [0.29, 0.717) is 4.83 Å². The molecule has 2 aromatic rings. The molecule has 0 fully saturated rings. The maximum atomic E-state index is 3.79. The van der Waals surface area contributed by atoms with E-state index >= 15 is 0 Å². The Morgan fingerprint density at radius 1 is 1.33 bits per heavy atom. The molecule has 1 atom stereocenters. The molecule has 15 heavy (non-hydrogen) atoms. The largest absolute Gasteiger partial charge is 0.144 e. The first-order chi connectivity index (χ1) is 7.08. The summed E-state index contributed by atoms with van der Waals surface area (Å²) in [5, 5.41) is 2.23. The average molecular weight is 413 g/mol. The van der Waals surface area contributed by atoms with Gasteiger partial charge in [0.15, 0.2) is 0 Å². The highest BCUT2D eigenvalue weighted by Crippen LogP contribution is 2.39. The van der Waals surface area contributed by atoms with Gasteiger partial charge in [0.2, 0.25) is 0 Å². The molecule has 2 aromatic heterocycles. The Morgan fingerprint density at radius 2 is 2.07 bits per heavy atom. The van der Waals surface area contributed by atoms with Crippen LogP contribution in [0.5, 0.6) is 0 Å². The van der Waals surface area contributed by atoms with Crippen molar-refractivity contribution in [2.45, 2.75) is 18.7 Å². The number of thiophene rings is 2. The van der Waals surface area contributed by atoms with Crippen molar-refractivity contribution in [3.63, 3.8) is 0 Å². The highest BCUT2D eigenvalue weighted by atomic mass is 127.